The van der Waals surface area contributed by atoms with Gasteiger partial charge in [-0.3, -0.25) is 0 Å². The zero-order valence-corrected chi connectivity index (χ0v) is 15.9. The van der Waals surface area contributed by atoms with Crippen molar-refractivity contribution in [1.82, 2.24) is 5.32 Å². The number of ether oxygens (including phenoxy) is 1. The van der Waals surface area contributed by atoms with Gasteiger partial charge in [-0.25, -0.2) is 4.79 Å². The van der Waals surface area contributed by atoms with Crippen LogP contribution < -0.4 is 5.32 Å². The van der Waals surface area contributed by atoms with Crippen molar-refractivity contribution in [2.45, 2.75) is 34.1 Å². The van der Waals surface area contributed by atoms with Gasteiger partial charge in [0.2, 0.25) is 0 Å². The van der Waals surface area contributed by atoms with Gasteiger partial charge in [-0.05, 0) is 50.0 Å². The molecule has 0 bridgehead atoms. The van der Waals surface area contributed by atoms with Crippen molar-refractivity contribution >= 4 is 21.9 Å². The third-order valence-corrected chi connectivity index (χ3v) is 4.17. The Balaban J connectivity index is 5.52. The van der Waals surface area contributed by atoms with Crippen LogP contribution in [0, 0.1) is 0 Å². The normalized spacial score (nSPS) is 14.4. The summed E-state index contributed by atoms with van der Waals surface area (Å²) in [4.78, 5) is 11.9. The Bertz CT molecular complexity index is 551. The van der Waals surface area contributed by atoms with Crippen LogP contribution in [0.3, 0.4) is 0 Å². The monoisotopic (exact) mass is 367 g/mol. The van der Waals surface area contributed by atoms with Crippen molar-refractivity contribution in [2.24, 2.45) is 0 Å². The molecule has 0 heterocycles. The number of allylic oxidation sites excluding steroid dienone is 7. The van der Waals surface area contributed by atoms with Gasteiger partial charge in [0.25, 0.3) is 0 Å². The van der Waals surface area contributed by atoms with Crippen molar-refractivity contribution in [3.8, 4) is 0 Å². The van der Waals surface area contributed by atoms with Gasteiger partial charge in [0, 0.05) is 17.2 Å². The number of rotatable bonds is 7. The second-order valence-corrected chi connectivity index (χ2v) is 5.73. The number of halogens is 1. The Labute approximate surface area is 142 Å². The predicted octanol–water partition coefficient (Wildman–Crippen LogP) is 4.79. The van der Waals surface area contributed by atoms with Crippen molar-refractivity contribution in [3.63, 3.8) is 0 Å². The molecule has 0 radical (unpaired) electrons. The number of hydrogen-bond acceptors (Lipinski definition) is 3. The minimum atomic E-state index is -0.394. The third kappa shape index (κ3) is 6.06. The van der Waals surface area contributed by atoms with Crippen molar-refractivity contribution < 1.29 is 9.53 Å². The molecular formula is C18H26BrNO2. The van der Waals surface area contributed by atoms with Crippen LogP contribution in [0.15, 0.2) is 57.3 Å². The van der Waals surface area contributed by atoms with Crippen molar-refractivity contribution in [1.29, 1.82) is 0 Å². The summed E-state index contributed by atoms with van der Waals surface area (Å²) in [6.45, 7) is 11.9. The van der Waals surface area contributed by atoms with Crippen LogP contribution in [0.1, 0.15) is 34.1 Å². The van der Waals surface area contributed by atoms with Gasteiger partial charge in [-0.1, -0.05) is 41.6 Å². The lowest BCUT2D eigenvalue weighted by Gasteiger charge is -2.13. The van der Waals surface area contributed by atoms with E-state index in [1.807, 2.05) is 32.9 Å². The quantitative estimate of drug-likeness (QED) is 0.399. The second kappa shape index (κ2) is 10.2. The van der Waals surface area contributed by atoms with Crippen LogP contribution >= 0.6 is 15.9 Å². The minimum Gasteiger partial charge on any atom is -0.465 e. The van der Waals surface area contributed by atoms with Gasteiger partial charge >= 0.3 is 5.97 Å². The lowest BCUT2D eigenvalue weighted by Crippen LogP contribution is -2.15. The molecule has 0 saturated carbocycles. The fourth-order valence-corrected chi connectivity index (χ4v) is 2.05. The minimum absolute atomic E-state index is 0.394. The molecule has 0 atom stereocenters. The summed E-state index contributed by atoms with van der Waals surface area (Å²) in [5, 5.41) is 2.97. The molecule has 0 amide bonds. The number of hydrogen-bond donors (Lipinski definition) is 1. The summed E-state index contributed by atoms with van der Waals surface area (Å²) in [5.41, 5.74) is 3.91. The van der Waals surface area contributed by atoms with E-state index < -0.39 is 5.97 Å². The maximum atomic E-state index is 11.9. The average Bonchev–Trinajstić information content (AvgIpc) is 2.51. The molecule has 0 aromatic carbocycles. The first-order valence-corrected chi connectivity index (χ1v) is 7.97. The highest BCUT2D eigenvalue weighted by Gasteiger charge is 2.17. The predicted molar refractivity (Wildman–Crippen MR) is 97.7 cm³/mol. The molecule has 0 aliphatic heterocycles. The second-order valence-electron chi connectivity index (χ2n) is 4.88. The molecular weight excluding hydrogens is 342 g/mol. The van der Waals surface area contributed by atoms with Gasteiger partial charge in [-0.2, -0.15) is 0 Å². The molecule has 0 aliphatic rings. The van der Waals surface area contributed by atoms with Gasteiger partial charge in [0.15, 0.2) is 0 Å². The Kier molecular flexibility index (Phi) is 9.50. The molecule has 1 N–H and O–H groups in total. The SMILES string of the molecule is C=C(/C(C)=C/C=C(Br)\C(C)=C\CC)/C(C(=O)OC)=C(/C)NC. The first-order valence-electron chi connectivity index (χ1n) is 7.17. The van der Waals surface area contributed by atoms with E-state index in [0.717, 1.165) is 22.2 Å². The summed E-state index contributed by atoms with van der Waals surface area (Å²) in [6.07, 6.45) is 7.03. The first kappa shape index (κ1) is 20.5. The summed E-state index contributed by atoms with van der Waals surface area (Å²) >= 11 is 3.55. The van der Waals surface area contributed by atoms with Crippen molar-refractivity contribution in [3.05, 3.63) is 57.3 Å². The Morgan fingerprint density at radius 3 is 2.27 bits per heavy atom. The summed E-state index contributed by atoms with van der Waals surface area (Å²) in [7, 11) is 3.13. The smallest absolute Gasteiger partial charge is 0.340 e. The highest BCUT2D eigenvalue weighted by atomic mass is 79.9. The van der Waals surface area contributed by atoms with Crippen LogP contribution in [0.2, 0.25) is 0 Å². The highest BCUT2D eigenvalue weighted by molar-refractivity contribution is 9.12. The van der Waals surface area contributed by atoms with Crippen LogP contribution in [-0.4, -0.2) is 20.1 Å². The van der Waals surface area contributed by atoms with Crippen LogP contribution in [-0.2, 0) is 9.53 Å². The average molecular weight is 368 g/mol. The zero-order chi connectivity index (χ0) is 17.3. The summed E-state index contributed by atoms with van der Waals surface area (Å²) in [5.74, 6) is -0.394. The van der Waals surface area contributed by atoms with Crippen molar-refractivity contribution in [2.75, 3.05) is 14.2 Å². The van der Waals surface area contributed by atoms with E-state index in [4.69, 9.17) is 4.74 Å². The van der Waals surface area contributed by atoms with Gasteiger partial charge in [0.05, 0.1) is 12.7 Å². The maximum Gasteiger partial charge on any atom is 0.340 e. The number of carbonyl (C=O) groups excluding carboxylic acids is 1. The topological polar surface area (TPSA) is 38.3 Å². The van der Waals surface area contributed by atoms with Crippen LogP contribution in [0.4, 0.5) is 0 Å². The first-order chi connectivity index (χ1) is 10.3. The Hall–Kier alpha value is -1.55. The molecule has 0 unspecified atom stereocenters. The number of methoxy groups -OCH3 is 1. The number of carbonyl (C=O) groups is 1. The van der Waals surface area contributed by atoms with E-state index in [9.17, 15) is 4.79 Å². The molecule has 122 valence electrons. The van der Waals surface area contributed by atoms with E-state index in [1.54, 1.807) is 7.05 Å². The molecule has 0 rings (SSSR count). The van der Waals surface area contributed by atoms with E-state index in [-0.39, 0.29) is 0 Å². The van der Waals surface area contributed by atoms with E-state index >= 15 is 0 Å². The molecule has 4 heteroatoms. The molecule has 22 heavy (non-hydrogen) atoms. The highest BCUT2D eigenvalue weighted by Crippen LogP contribution is 2.23. The largest absolute Gasteiger partial charge is 0.465 e. The van der Waals surface area contributed by atoms with Crippen LogP contribution in [0.5, 0.6) is 0 Å². The summed E-state index contributed by atoms with van der Waals surface area (Å²) in [6, 6.07) is 0. The standard InChI is InChI=1S/C18H26BrNO2/c1-8-9-13(3)16(19)11-10-12(2)14(4)17(15(5)20-6)18(21)22-7/h9-11,20H,4,8H2,1-3,5-7H3/b12-10+,13-9+,16-11+,17-15+. The molecule has 0 fully saturated rings. The molecule has 0 spiro atoms. The third-order valence-electron chi connectivity index (χ3n) is 3.28. The van der Waals surface area contributed by atoms with Gasteiger partial charge in [-0.15, -0.1) is 0 Å². The molecule has 0 aliphatic carbocycles. The Morgan fingerprint density at radius 2 is 1.82 bits per heavy atom. The zero-order valence-electron chi connectivity index (χ0n) is 14.3. The summed E-state index contributed by atoms with van der Waals surface area (Å²) < 4.78 is 5.85. The van der Waals surface area contributed by atoms with E-state index in [1.165, 1.54) is 12.7 Å². The van der Waals surface area contributed by atoms with E-state index in [2.05, 4.69) is 40.8 Å². The number of nitrogens with one attached hydrogen (secondary N) is 1. The lowest BCUT2D eigenvalue weighted by atomic mass is 9.98. The molecule has 0 aromatic heterocycles. The van der Waals surface area contributed by atoms with E-state index in [0.29, 0.717) is 11.1 Å². The van der Waals surface area contributed by atoms with Gasteiger partial charge < -0.3 is 10.1 Å². The molecule has 0 aromatic rings. The number of esters is 1. The van der Waals surface area contributed by atoms with Gasteiger partial charge in [0.1, 0.15) is 0 Å². The van der Waals surface area contributed by atoms with Crippen LogP contribution in [0.25, 0.3) is 0 Å². The lowest BCUT2D eigenvalue weighted by molar-refractivity contribution is -0.135. The fourth-order valence-electron chi connectivity index (χ4n) is 1.76. The fraction of sp³-hybridized carbons (Fsp3) is 0.389. The molecule has 3 nitrogen and oxygen atoms in total. The molecule has 0 saturated heterocycles. The maximum absolute atomic E-state index is 11.9. The Morgan fingerprint density at radius 1 is 1.23 bits per heavy atom.